The second kappa shape index (κ2) is 5.55. The quantitative estimate of drug-likeness (QED) is 0.474. The lowest BCUT2D eigenvalue weighted by molar-refractivity contribution is -0.384. The number of hydrogen-bond acceptors (Lipinski definition) is 5. The van der Waals surface area contributed by atoms with Crippen LogP contribution in [0, 0.1) is 17.0 Å². The summed E-state index contributed by atoms with van der Waals surface area (Å²) < 4.78 is 0. The first kappa shape index (κ1) is 11.8. The van der Waals surface area contributed by atoms with Crippen molar-refractivity contribution in [1.29, 1.82) is 0 Å². The van der Waals surface area contributed by atoms with Gasteiger partial charge >= 0.3 is 5.69 Å². The molecular weight excluding hydrogens is 214 g/mol. The van der Waals surface area contributed by atoms with Crippen molar-refractivity contribution < 1.29 is 4.92 Å². The second-order valence-corrected chi connectivity index (χ2v) is 4.04. The van der Waals surface area contributed by atoms with Gasteiger partial charge in [-0.05, 0) is 18.7 Å². The van der Waals surface area contributed by atoms with Crippen LogP contribution in [0.1, 0.15) is 5.56 Å². The number of anilines is 1. The molecule has 0 saturated heterocycles. The molecule has 1 rings (SSSR count). The van der Waals surface area contributed by atoms with Crippen LogP contribution in [0.15, 0.2) is 12.3 Å². The van der Waals surface area contributed by atoms with Crippen LogP contribution in [0.2, 0.25) is 0 Å². The zero-order valence-electron chi connectivity index (χ0n) is 8.69. The Morgan fingerprint density at radius 3 is 3.00 bits per heavy atom. The normalized spacial score (nSPS) is 10.0. The zero-order chi connectivity index (χ0) is 11.3. The fourth-order valence-corrected chi connectivity index (χ4v) is 1.41. The van der Waals surface area contributed by atoms with E-state index >= 15 is 0 Å². The minimum Gasteiger partial charge on any atom is -0.364 e. The highest BCUT2D eigenvalue weighted by Gasteiger charge is 2.14. The summed E-state index contributed by atoms with van der Waals surface area (Å²) >= 11 is 1.68. The molecule has 0 atom stereocenters. The van der Waals surface area contributed by atoms with Crippen LogP contribution < -0.4 is 5.32 Å². The summed E-state index contributed by atoms with van der Waals surface area (Å²) in [5, 5.41) is 13.7. The maximum Gasteiger partial charge on any atom is 0.311 e. The number of nitrogens with one attached hydrogen (secondary N) is 1. The van der Waals surface area contributed by atoms with Crippen molar-refractivity contribution in [2.75, 3.05) is 23.9 Å². The third-order valence-electron chi connectivity index (χ3n) is 1.80. The number of aryl methyl sites for hydroxylation is 1. The van der Waals surface area contributed by atoms with E-state index in [0.29, 0.717) is 12.4 Å². The fraction of sp³-hybridized carbons (Fsp3) is 0.444. The average Bonchev–Trinajstić information content (AvgIpc) is 2.20. The zero-order valence-corrected chi connectivity index (χ0v) is 9.50. The summed E-state index contributed by atoms with van der Waals surface area (Å²) in [5.74, 6) is 1.24. The van der Waals surface area contributed by atoms with E-state index in [4.69, 9.17) is 0 Å². The van der Waals surface area contributed by atoms with Crippen LogP contribution in [0.25, 0.3) is 0 Å². The van der Waals surface area contributed by atoms with E-state index in [-0.39, 0.29) is 5.69 Å². The minimum absolute atomic E-state index is 0.0381. The Kier molecular flexibility index (Phi) is 4.36. The van der Waals surface area contributed by atoms with E-state index in [1.54, 1.807) is 24.9 Å². The Balaban J connectivity index is 2.81. The largest absolute Gasteiger partial charge is 0.364 e. The number of thioether (sulfide) groups is 1. The molecule has 0 spiro atoms. The molecule has 1 aromatic rings. The molecule has 0 fully saturated rings. The third-order valence-corrected chi connectivity index (χ3v) is 2.41. The maximum atomic E-state index is 10.7. The van der Waals surface area contributed by atoms with Crippen LogP contribution >= 0.6 is 11.8 Å². The van der Waals surface area contributed by atoms with Gasteiger partial charge in [-0.3, -0.25) is 10.1 Å². The van der Waals surface area contributed by atoms with Gasteiger partial charge in [0.15, 0.2) is 0 Å². The minimum atomic E-state index is -0.415. The first-order chi connectivity index (χ1) is 7.15. The number of nitro groups is 1. The summed E-state index contributed by atoms with van der Waals surface area (Å²) in [6, 6.07) is 1.52. The van der Waals surface area contributed by atoms with E-state index in [9.17, 15) is 10.1 Å². The van der Waals surface area contributed by atoms with E-state index < -0.39 is 4.92 Å². The molecule has 6 heteroatoms. The SMILES string of the molecule is CSCCNc1ncc(C)cc1[N+](=O)[O-]. The van der Waals surface area contributed by atoms with Gasteiger partial charge in [0.2, 0.25) is 5.82 Å². The molecular formula is C9H13N3O2S. The Hall–Kier alpha value is -1.30. The van der Waals surface area contributed by atoms with Gasteiger partial charge in [-0.1, -0.05) is 0 Å². The van der Waals surface area contributed by atoms with E-state index in [2.05, 4.69) is 10.3 Å². The van der Waals surface area contributed by atoms with E-state index in [1.165, 1.54) is 6.07 Å². The summed E-state index contributed by atoms with van der Waals surface area (Å²) in [6.07, 6.45) is 3.60. The van der Waals surface area contributed by atoms with E-state index in [1.807, 2.05) is 6.26 Å². The molecule has 0 unspecified atom stereocenters. The summed E-state index contributed by atoms with van der Waals surface area (Å²) in [4.78, 5) is 14.3. The van der Waals surface area contributed by atoms with Gasteiger partial charge in [-0.15, -0.1) is 0 Å². The van der Waals surface area contributed by atoms with Gasteiger partial charge in [0.25, 0.3) is 0 Å². The molecule has 1 aromatic heterocycles. The van der Waals surface area contributed by atoms with Crippen LogP contribution in [0.3, 0.4) is 0 Å². The summed E-state index contributed by atoms with van der Waals surface area (Å²) in [5.41, 5.74) is 0.827. The third kappa shape index (κ3) is 3.39. The number of aromatic nitrogens is 1. The average molecular weight is 227 g/mol. The molecule has 0 aliphatic carbocycles. The lowest BCUT2D eigenvalue weighted by Gasteiger charge is -2.05. The molecule has 0 bridgehead atoms. The first-order valence-electron chi connectivity index (χ1n) is 4.49. The molecule has 5 nitrogen and oxygen atoms in total. The van der Waals surface area contributed by atoms with E-state index in [0.717, 1.165) is 11.3 Å². The van der Waals surface area contributed by atoms with Crippen LogP contribution in [-0.4, -0.2) is 28.5 Å². The molecule has 0 saturated carbocycles. The highest BCUT2D eigenvalue weighted by atomic mass is 32.2. The predicted octanol–water partition coefficient (Wildman–Crippen LogP) is 2.07. The Bertz CT molecular complexity index is 357. The predicted molar refractivity (Wildman–Crippen MR) is 62.5 cm³/mol. The molecule has 0 radical (unpaired) electrons. The van der Waals surface area contributed by atoms with Crippen LogP contribution in [-0.2, 0) is 0 Å². The number of nitrogens with zero attached hydrogens (tertiary/aromatic N) is 2. The molecule has 0 aliphatic rings. The Morgan fingerprint density at radius 1 is 1.67 bits per heavy atom. The molecule has 15 heavy (non-hydrogen) atoms. The summed E-state index contributed by atoms with van der Waals surface area (Å²) in [7, 11) is 0. The van der Waals surface area contributed by atoms with Crippen molar-refractivity contribution in [3.8, 4) is 0 Å². The number of pyridine rings is 1. The molecule has 0 aromatic carbocycles. The van der Waals surface area contributed by atoms with Crippen molar-refractivity contribution in [2.24, 2.45) is 0 Å². The maximum absolute atomic E-state index is 10.7. The Morgan fingerprint density at radius 2 is 2.40 bits per heavy atom. The van der Waals surface area contributed by atoms with Gasteiger partial charge in [-0.25, -0.2) is 4.98 Å². The monoisotopic (exact) mass is 227 g/mol. The van der Waals surface area contributed by atoms with Crippen molar-refractivity contribution >= 4 is 23.3 Å². The van der Waals surface area contributed by atoms with Gasteiger partial charge in [0.05, 0.1) is 4.92 Å². The Labute approximate surface area is 92.4 Å². The fourth-order valence-electron chi connectivity index (χ4n) is 1.10. The highest BCUT2D eigenvalue weighted by Crippen LogP contribution is 2.22. The van der Waals surface area contributed by atoms with Crippen LogP contribution in [0.4, 0.5) is 11.5 Å². The number of hydrogen-bond donors (Lipinski definition) is 1. The van der Waals surface area contributed by atoms with Gasteiger partial charge in [-0.2, -0.15) is 11.8 Å². The van der Waals surface area contributed by atoms with Crippen molar-refractivity contribution in [1.82, 2.24) is 4.98 Å². The molecule has 0 aliphatic heterocycles. The first-order valence-corrected chi connectivity index (χ1v) is 5.88. The molecule has 1 heterocycles. The standard InChI is InChI=1S/C9H13N3O2S/c1-7-5-8(12(13)14)9(11-6-7)10-3-4-15-2/h5-6H,3-4H2,1-2H3,(H,10,11). The lowest BCUT2D eigenvalue weighted by atomic mass is 10.3. The molecule has 82 valence electrons. The number of rotatable bonds is 5. The van der Waals surface area contributed by atoms with Crippen molar-refractivity contribution in [3.63, 3.8) is 0 Å². The topological polar surface area (TPSA) is 68.1 Å². The van der Waals surface area contributed by atoms with Gasteiger partial charge in [0, 0.05) is 24.6 Å². The highest BCUT2D eigenvalue weighted by molar-refractivity contribution is 7.98. The smallest absolute Gasteiger partial charge is 0.311 e. The summed E-state index contributed by atoms with van der Waals surface area (Å²) in [6.45, 7) is 2.46. The van der Waals surface area contributed by atoms with Gasteiger partial charge < -0.3 is 5.32 Å². The van der Waals surface area contributed by atoms with Gasteiger partial charge in [0.1, 0.15) is 0 Å². The molecule has 0 amide bonds. The molecule has 1 N–H and O–H groups in total. The lowest BCUT2D eigenvalue weighted by Crippen LogP contribution is -2.08. The van der Waals surface area contributed by atoms with Crippen molar-refractivity contribution in [3.05, 3.63) is 27.9 Å². The van der Waals surface area contributed by atoms with Crippen LogP contribution in [0.5, 0.6) is 0 Å². The van der Waals surface area contributed by atoms with Crippen molar-refractivity contribution in [2.45, 2.75) is 6.92 Å². The second-order valence-electron chi connectivity index (χ2n) is 3.06.